The summed E-state index contributed by atoms with van der Waals surface area (Å²) >= 11 is 0. The van der Waals surface area contributed by atoms with Crippen molar-refractivity contribution in [1.29, 1.82) is 0 Å². The first kappa shape index (κ1) is 19.8. The number of nitrogens with one attached hydrogen (secondary N) is 2. The average molecular weight is 332 g/mol. The number of hydrogen-bond acceptors (Lipinski definition) is 6. The van der Waals surface area contributed by atoms with Crippen molar-refractivity contribution in [3.05, 3.63) is 0 Å². The van der Waals surface area contributed by atoms with Crippen molar-refractivity contribution >= 4 is 11.8 Å². The first-order chi connectivity index (χ1) is 10.3. The van der Waals surface area contributed by atoms with Gasteiger partial charge in [0.05, 0.1) is 24.3 Å². The lowest BCUT2D eigenvalue weighted by molar-refractivity contribution is -0.160. The molecule has 1 heterocycles. The highest BCUT2D eigenvalue weighted by Gasteiger charge is 2.50. The van der Waals surface area contributed by atoms with Crippen molar-refractivity contribution in [2.75, 3.05) is 13.2 Å². The second-order valence-corrected chi connectivity index (χ2v) is 7.54. The fourth-order valence-corrected chi connectivity index (χ4v) is 2.03. The molecule has 0 aliphatic carbocycles. The van der Waals surface area contributed by atoms with Gasteiger partial charge in [-0.05, 0) is 41.5 Å². The Labute approximate surface area is 136 Å². The third-order valence-corrected chi connectivity index (χ3v) is 3.33. The van der Waals surface area contributed by atoms with Crippen LogP contribution in [0, 0.1) is 0 Å². The molecule has 8 nitrogen and oxygen atoms in total. The molecule has 0 bridgehead atoms. The summed E-state index contributed by atoms with van der Waals surface area (Å²) in [6, 6.07) is 0. The van der Waals surface area contributed by atoms with Gasteiger partial charge in [0.15, 0.2) is 18.0 Å². The Hall–Kier alpha value is -1.22. The van der Waals surface area contributed by atoms with Crippen LogP contribution in [0.4, 0.5) is 0 Å². The average Bonchev–Trinajstić information content (AvgIpc) is 2.74. The van der Waals surface area contributed by atoms with E-state index in [9.17, 15) is 19.8 Å². The molecule has 0 aromatic heterocycles. The highest BCUT2D eigenvalue weighted by atomic mass is 16.8. The summed E-state index contributed by atoms with van der Waals surface area (Å²) in [7, 11) is 0. The van der Waals surface area contributed by atoms with Gasteiger partial charge in [0.2, 0.25) is 0 Å². The Morgan fingerprint density at radius 2 is 1.22 bits per heavy atom. The van der Waals surface area contributed by atoms with E-state index in [1.807, 2.05) is 0 Å². The maximum atomic E-state index is 12.4. The van der Waals surface area contributed by atoms with Crippen molar-refractivity contribution < 1.29 is 29.3 Å². The van der Waals surface area contributed by atoms with E-state index < -0.39 is 40.9 Å². The number of aliphatic hydroxyl groups excluding tert-OH is 2. The van der Waals surface area contributed by atoms with Crippen LogP contribution in [0.3, 0.4) is 0 Å². The maximum absolute atomic E-state index is 12.4. The standard InChI is InChI=1S/C15H28N2O6/c1-13(2,7-18)16-11(20)9-10(23-15(5,6)22-9)12(21)17-14(3,4)8-19/h9-10,18-19H,7-8H2,1-6H3,(H,16,20)(H,17,21)/t9-,10-/m1/s1. The largest absolute Gasteiger partial charge is 0.394 e. The van der Waals surface area contributed by atoms with Crippen molar-refractivity contribution in [1.82, 2.24) is 10.6 Å². The van der Waals surface area contributed by atoms with Gasteiger partial charge in [0.1, 0.15) is 0 Å². The predicted octanol–water partition coefficient (Wildman–Crippen LogP) is -0.719. The van der Waals surface area contributed by atoms with Crippen molar-refractivity contribution in [2.24, 2.45) is 0 Å². The van der Waals surface area contributed by atoms with Crippen molar-refractivity contribution in [3.63, 3.8) is 0 Å². The second kappa shape index (κ2) is 6.72. The molecular formula is C15H28N2O6. The first-order valence-electron chi connectivity index (χ1n) is 7.54. The van der Waals surface area contributed by atoms with E-state index in [2.05, 4.69) is 10.6 Å². The Balaban J connectivity index is 2.91. The minimum atomic E-state index is -1.15. The quantitative estimate of drug-likeness (QED) is 0.510. The van der Waals surface area contributed by atoms with Crippen LogP contribution in [-0.2, 0) is 19.1 Å². The minimum absolute atomic E-state index is 0.260. The Morgan fingerprint density at radius 3 is 1.48 bits per heavy atom. The van der Waals surface area contributed by atoms with Crippen LogP contribution in [0.5, 0.6) is 0 Å². The smallest absolute Gasteiger partial charge is 0.253 e. The molecule has 0 saturated carbocycles. The SMILES string of the molecule is CC(C)(CO)NC(=O)[C@@H]1OC(C)(C)O[C@H]1C(=O)NC(C)(C)CO. The summed E-state index contributed by atoms with van der Waals surface area (Å²) in [4.78, 5) is 24.8. The molecule has 0 unspecified atom stereocenters. The lowest BCUT2D eigenvalue weighted by atomic mass is 10.0. The summed E-state index contributed by atoms with van der Waals surface area (Å²) in [6.45, 7) is 9.29. The van der Waals surface area contributed by atoms with E-state index in [-0.39, 0.29) is 13.2 Å². The Morgan fingerprint density at radius 1 is 0.913 bits per heavy atom. The van der Waals surface area contributed by atoms with Crippen LogP contribution in [0.2, 0.25) is 0 Å². The molecule has 1 rings (SSSR count). The summed E-state index contributed by atoms with van der Waals surface area (Å²) in [6.07, 6.45) is -2.30. The molecule has 23 heavy (non-hydrogen) atoms. The lowest BCUT2D eigenvalue weighted by Gasteiger charge is -2.28. The molecule has 0 spiro atoms. The van der Waals surface area contributed by atoms with Crippen LogP contribution in [0.15, 0.2) is 0 Å². The van der Waals surface area contributed by atoms with E-state index in [0.717, 1.165) is 0 Å². The van der Waals surface area contributed by atoms with Crippen molar-refractivity contribution in [2.45, 2.75) is 70.6 Å². The molecule has 1 fully saturated rings. The molecule has 0 aromatic rings. The van der Waals surface area contributed by atoms with Crippen LogP contribution >= 0.6 is 0 Å². The van der Waals surface area contributed by atoms with Gasteiger partial charge < -0.3 is 30.3 Å². The molecule has 1 aliphatic heterocycles. The number of ether oxygens (including phenoxy) is 2. The number of amides is 2. The highest BCUT2D eigenvalue weighted by molar-refractivity contribution is 5.92. The van der Waals surface area contributed by atoms with Crippen LogP contribution in [0.1, 0.15) is 41.5 Å². The summed E-state index contributed by atoms with van der Waals surface area (Å²) in [5.41, 5.74) is -1.70. The van der Waals surface area contributed by atoms with Crippen LogP contribution in [0.25, 0.3) is 0 Å². The molecule has 2 atom stereocenters. The van der Waals surface area contributed by atoms with Gasteiger partial charge in [-0.25, -0.2) is 0 Å². The monoisotopic (exact) mass is 332 g/mol. The third-order valence-electron chi connectivity index (χ3n) is 3.33. The summed E-state index contributed by atoms with van der Waals surface area (Å²) in [5.74, 6) is -2.19. The minimum Gasteiger partial charge on any atom is -0.394 e. The van der Waals surface area contributed by atoms with E-state index in [4.69, 9.17) is 9.47 Å². The molecule has 1 saturated heterocycles. The number of aliphatic hydroxyl groups is 2. The van der Waals surface area contributed by atoms with Gasteiger partial charge >= 0.3 is 0 Å². The number of hydrogen-bond donors (Lipinski definition) is 4. The van der Waals surface area contributed by atoms with E-state index in [1.54, 1.807) is 41.5 Å². The highest BCUT2D eigenvalue weighted by Crippen LogP contribution is 2.29. The first-order valence-corrected chi connectivity index (χ1v) is 7.54. The third kappa shape index (κ3) is 5.42. The maximum Gasteiger partial charge on any atom is 0.253 e. The number of carbonyl (C=O) groups is 2. The topological polar surface area (TPSA) is 117 Å². The molecule has 134 valence electrons. The molecular weight excluding hydrogens is 304 g/mol. The normalized spacial score (nSPS) is 24.3. The second-order valence-electron chi connectivity index (χ2n) is 7.54. The molecule has 1 aliphatic rings. The predicted molar refractivity (Wildman–Crippen MR) is 82.4 cm³/mol. The molecule has 0 aromatic carbocycles. The zero-order valence-corrected chi connectivity index (χ0v) is 14.6. The summed E-state index contributed by atoms with van der Waals surface area (Å²) in [5, 5.41) is 23.8. The van der Waals surface area contributed by atoms with E-state index >= 15 is 0 Å². The van der Waals surface area contributed by atoms with Gasteiger partial charge in [0.25, 0.3) is 11.8 Å². The van der Waals surface area contributed by atoms with E-state index in [0.29, 0.717) is 0 Å². The number of rotatable bonds is 6. The Bertz CT molecular complexity index is 421. The molecule has 2 amide bonds. The molecule has 4 N–H and O–H groups in total. The molecule has 8 heteroatoms. The lowest BCUT2D eigenvalue weighted by Crippen LogP contribution is -2.57. The van der Waals surface area contributed by atoms with Crippen LogP contribution < -0.4 is 10.6 Å². The zero-order valence-electron chi connectivity index (χ0n) is 14.6. The fraction of sp³-hybridized carbons (Fsp3) is 0.867. The van der Waals surface area contributed by atoms with Crippen molar-refractivity contribution in [3.8, 4) is 0 Å². The Kier molecular flexibility index (Phi) is 5.79. The van der Waals surface area contributed by atoms with Gasteiger partial charge in [0, 0.05) is 0 Å². The van der Waals surface area contributed by atoms with Gasteiger partial charge in [-0.3, -0.25) is 9.59 Å². The van der Waals surface area contributed by atoms with Gasteiger partial charge in [-0.15, -0.1) is 0 Å². The van der Waals surface area contributed by atoms with E-state index in [1.165, 1.54) is 0 Å². The molecule has 0 radical (unpaired) electrons. The van der Waals surface area contributed by atoms with Gasteiger partial charge in [-0.2, -0.15) is 0 Å². The number of carbonyl (C=O) groups excluding carboxylic acids is 2. The van der Waals surface area contributed by atoms with Crippen LogP contribution in [-0.4, -0.2) is 64.3 Å². The zero-order chi connectivity index (χ0) is 18.1. The van der Waals surface area contributed by atoms with Gasteiger partial charge in [-0.1, -0.05) is 0 Å². The summed E-state index contributed by atoms with van der Waals surface area (Å²) < 4.78 is 11.1. The fourth-order valence-electron chi connectivity index (χ4n) is 2.03.